The first-order chi connectivity index (χ1) is 7.58. The second-order valence-corrected chi connectivity index (χ2v) is 5.56. The Hall–Kier alpha value is -0.820. The Morgan fingerprint density at radius 1 is 1.25 bits per heavy atom. The van der Waals surface area contributed by atoms with Crippen LogP contribution >= 0.6 is 0 Å². The quantitative estimate of drug-likeness (QED) is 0.729. The average molecular weight is 218 g/mol. The fraction of sp³-hybridized carbons (Fsp3) is 0.600. The van der Waals surface area contributed by atoms with Gasteiger partial charge >= 0.3 is 0 Å². The molecule has 2 atom stereocenters. The van der Waals surface area contributed by atoms with Crippen LogP contribution in [0.4, 0.5) is 0 Å². The smallest absolute Gasteiger partial charge is 0.0629 e. The Balaban J connectivity index is 2.08. The van der Waals surface area contributed by atoms with Gasteiger partial charge in [0.1, 0.15) is 0 Å². The molecule has 1 aliphatic heterocycles. The largest absolute Gasteiger partial charge is 0.376 e. The highest BCUT2D eigenvalue weighted by Crippen LogP contribution is 2.37. The van der Waals surface area contributed by atoms with E-state index in [2.05, 4.69) is 51.1 Å². The molecular formula is C15H22O. The van der Waals surface area contributed by atoms with Crippen molar-refractivity contribution in [1.29, 1.82) is 0 Å². The maximum absolute atomic E-state index is 5.78. The minimum absolute atomic E-state index is 0.0615. The Bertz CT molecular complexity index is 329. The van der Waals surface area contributed by atoms with Crippen molar-refractivity contribution < 1.29 is 4.74 Å². The standard InChI is InChI=1S/C15H22O/c1-12(13-7-5-4-6-8-13)14-9-10-16-15(2,3)11-14/h4-8,12,14H,9-11H2,1-3H3. The highest BCUT2D eigenvalue weighted by Gasteiger charge is 2.32. The Morgan fingerprint density at radius 2 is 1.94 bits per heavy atom. The summed E-state index contributed by atoms with van der Waals surface area (Å²) in [6.07, 6.45) is 2.36. The van der Waals surface area contributed by atoms with Gasteiger partial charge in [0, 0.05) is 6.61 Å². The molecule has 0 aromatic heterocycles. The van der Waals surface area contributed by atoms with Crippen LogP contribution in [0.5, 0.6) is 0 Å². The third kappa shape index (κ3) is 2.65. The average Bonchev–Trinajstić information content (AvgIpc) is 2.28. The molecule has 1 heteroatoms. The molecule has 0 radical (unpaired) electrons. The van der Waals surface area contributed by atoms with Gasteiger partial charge in [-0.2, -0.15) is 0 Å². The third-order valence-corrected chi connectivity index (χ3v) is 3.77. The predicted molar refractivity (Wildman–Crippen MR) is 67.6 cm³/mol. The van der Waals surface area contributed by atoms with Gasteiger partial charge in [0.05, 0.1) is 5.60 Å². The molecule has 88 valence electrons. The maximum atomic E-state index is 5.78. The molecule has 1 heterocycles. The van der Waals surface area contributed by atoms with E-state index < -0.39 is 0 Å². The van der Waals surface area contributed by atoms with Crippen molar-refractivity contribution in [3.63, 3.8) is 0 Å². The molecule has 2 unspecified atom stereocenters. The summed E-state index contributed by atoms with van der Waals surface area (Å²) in [6, 6.07) is 10.8. The topological polar surface area (TPSA) is 9.23 Å². The molecule has 1 aromatic carbocycles. The van der Waals surface area contributed by atoms with Crippen LogP contribution in [0.1, 0.15) is 45.1 Å². The summed E-state index contributed by atoms with van der Waals surface area (Å²) < 4.78 is 5.78. The Kier molecular flexibility index (Phi) is 3.34. The predicted octanol–water partition coefficient (Wildman–Crippen LogP) is 4.00. The summed E-state index contributed by atoms with van der Waals surface area (Å²) in [5.74, 6) is 1.40. The number of benzene rings is 1. The molecule has 1 saturated heterocycles. The second kappa shape index (κ2) is 4.58. The molecular weight excluding hydrogens is 196 g/mol. The van der Waals surface area contributed by atoms with E-state index in [9.17, 15) is 0 Å². The fourth-order valence-corrected chi connectivity index (χ4v) is 2.73. The zero-order valence-electron chi connectivity index (χ0n) is 10.6. The van der Waals surface area contributed by atoms with Crippen molar-refractivity contribution in [3.8, 4) is 0 Å². The van der Waals surface area contributed by atoms with Gasteiger partial charge in [-0.05, 0) is 44.1 Å². The highest BCUT2D eigenvalue weighted by molar-refractivity contribution is 5.19. The summed E-state index contributed by atoms with van der Waals surface area (Å²) in [5, 5.41) is 0. The van der Waals surface area contributed by atoms with E-state index in [-0.39, 0.29) is 5.60 Å². The first kappa shape index (κ1) is 11.7. The molecule has 0 spiro atoms. The van der Waals surface area contributed by atoms with Crippen molar-refractivity contribution in [2.45, 2.75) is 45.1 Å². The second-order valence-electron chi connectivity index (χ2n) is 5.56. The highest BCUT2D eigenvalue weighted by atomic mass is 16.5. The molecule has 1 aromatic rings. The van der Waals surface area contributed by atoms with E-state index in [1.165, 1.54) is 18.4 Å². The van der Waals surface area contributed by atoms with Crippen LogP contribution in [0.25, 0.3) is 0 Å². The van der Waals surface area contributed by atoms with Gasteiger partial charge in [-0.3, -0.25) is 0 Å². The van der Waals surface area contributed by atoms with E-state index in [1.54, 1.807) is 0 Å². The van der Waals surface area contributed by atoms with Gasteiger partial charge in [-0.1, -0.05) is 37.3 Å². The van der Waals surface area contributed by atoms with Crippen LogP contribution < -0.4 is 0 Å². The van der Waals surface area contributed by atoms with Crippen LogP contribution in [0.2, 0.25) is 0 Å². The molecule has 0 bridgehead atoms. The molecule has 0 aliphatic carbocycles. The summed E-state index contributed by atoms with van der Waals surface area (Å²) >= 11 is 0. The van der Waals surface area contributed by atoms with Crippen LogP contribution in [-0.4, -0.2) is 12.2 Å². The minimum atomic E-state index is 0.0615. The molecule has 16 heavy (non-hydrogen) atoms. The SMILES string of the molecule is CC(c1ccccc1)C1CCOC(C)(C)C1. The minimum Gasteiger partial charge on any atom is -0.376 e. The van der Waals surface area contributed by atoms with Crippen molar-refractivity contribution in [1.82, 2.24) is 0 Å². The Labute approximate surface area is 98.8 Å². The van der Waals surface area contributed by atoms with Gasteiger partial charge in [0.2, 0.25) is 0 Å². The summed E-state index contributed by atoms with van der Waals surface area (Å²) in [4.78, 5) is 0. The molecule has 0 amide bonds. The van der Waals surface area contributed by atoms with Crippen molar-refractivity contribution in [3.05, 3.63) is 35.9 Å². The van der Waals surface area contributed by atoms with Gasteiger partial charge in [-0.15, -0.1) is 0 Å². The monoisotopic (exact) mass is 218 g/mol. The van der Waals surface area contributed by atoms with Crippen LogP contribution in [0.3, 0.4) is 0 Å². The number of ether oxygens (including phenoxy) is 1. The fourth-order valence-electron chi connectivity index (χ4n) is 2.73. The van der Waals surface area contributed by atoms with Crippen LogP contribution in [0, 0.1) is 5.92 Å². The summed E-state index contributed by atoms with van der Waals surface area (Å²) in [6.45, 7) is 7.67. The molecule has 1 nitrogen and oxygen atoms in total. The van der Waals surface area contributed by atoms with E-state index in [1.807, 2.05) is 0 Å². The summed E-state index contributed by atoms with van der Waals surface area (Å²) in [7, 11) is 0. The number of hydrogen-bond acceptors (Lipinski definition) is 1. The van der Waals surface area contributed by atoms with Gasteiger partial charge in [0.15, 0.2) is 0 Å². The molecule has 0 saturated carbocycles. The van der Waals surface area contributed by atoms with Gasteiger partial charge < -0.3 is 4.74 Å². The molecule has 1 fully saturated rings. The van der Waals surface area contributed by atoms with Crippen LogP contribution in [0.15, 0.2) is 30.3 Å². The van der Waals surface area contributed by atoms with Gasteiger partial charge in [-0.25, -0.2) is 0 Å². The Morgan fingerprint density at radius 3 is 2.56 bits per heavy atom. The first-order valence-electron chi connectivity index (χ1n) is 6.27. The normalized spacial score (nSPS) is 26.3. The lowest BCUT2D eigenvalue weighted by atomic mass is 9.77. The van der Waals surface area contributed by atoms with E-state index in [4.69, 9.17) is 4.74 Å². The first-order valence-corrected chi connectivity index (χ1v) is 6.27. The summed E-state index contributed by atoms with van der Waals surface area (Å²) in [5.41, 5.74) is 1.52. The van der Waals surface area contributed by atoms with E-state index in [0.717, 1.165) is 12.5 Å². The van der Waals surface area contributed by atoms with Gasteiger partial charge in [0.25, 0.3) is 0 Å². The number of hydrogen-bond donors (Lipinski definition) is 0. The molecule has 1 aliphatic rings. The lowest BCUT2D eigenvalue weighted by Gasteiger charge is -2.38. The zero-order chi connectivity index (χ0) is 11.6. The lowest BCUT2D eigenvalue weighted by molar-refractivity contribution is -0.0759. The van der Waals surface area contributed by atoms with E-state index >= 15 is 0 Å². The van der Waals surface area contributed by atoms with Crippen LogP contribution in [-0.2, 0) is 4.74 Å². The zero-order valence-corrected chi connectivity index (χ0v) is 10.6. The third-order valence-electron chi connectivity index (χ3n) is 3.77. The van der Waals surface area contributed by atoms with Crippen molar-refractivity contribution in [2.24, 2.45) is 5.92 Å². The molecule has 0 N–H and O–H groups in total. The lowest BCUT2D eigenvalue weighted by Crippen LogP contribution is -2.35. The molecule has 2 rings (SSSR count). The van der Waals surface area contributed by atoms with Crippen molar-refractivity contribution in [2.75, 3.05) is 6.61 Å². The van der Waals surface area contributed by atoms with E-state index in [0.29, 0.717) is 5.92 Å². The maximum Gasteiger partial charge on any atom is 0.0629 e. The number of rotatable bonds is 2. The van der Waals surface area contributed by atoms with Crippen molar-refractivity contribution >= 4 is 0 Å².